The highest BCUT2D eigenvalue weighted by atomic mass is 16.5. The number of hydrogen-bond donors (Lipinski definition) is 2. The first-order valence-electron chi connectivity index (χ1n) is 6.34. The van der Waals surface area contributed by atoms with Crippen LogP contribution in [0.3, 0.4) is 0 Å². The summed E-state index contributed by atoms with van der Waals surface area (Å²) in [5.41, 5.74) is 6.15. The van der Waals surface area contributed by atoms with Crippen LogP contribution in [0, 0.1) is 13.8 Å². The molecule has 2 aromatic rings. The standard InChI is InChI=1S/C16H17N3O/c1-12-3-7-14(8-4-12)11-17-18-16(19-20)15-9-5-13(2)6-10-15/h3-11,20H,1-2H3,(H,18,19)/b17-11+. The molecule has 0 amide bonds. The van der Waals surface area contributed by atoms with E-state index in [-0.39, 0.29) is 0 Å². The summed E-state index contributed by atoms with van der Waals surface area (Å²) >= 11 is 0. The Balaban J connectivity index is 2.15. The lowest BCUT2D eigenvalue weighted by Gasteiger charge is -2.02. The van der Waals surface area contributed by atoms with Gasteiger partial charge in [-0.15, -0.1) is 5.10 Å². The van der Waals surface area contributed by atoms with E-state index in [1.165, 1.54) is 5.56 Å². The van der Waals surface area contributed by atoms with Crippen molar-refractivity contribution in [3.05, 3.63) is 70.8 Å². The minimum absolute atomic E-state index is 0.313. The molecule has 0 saturated carbocycles. The summed E-state index contributed by atoms with van der Waals surface area (Å²) in [7, 11) is 0. The summed E-state index contributed by atoms with van der Waals surface area (Å²) in [4.78, 5) is 0. The second-order valence-corrected chi connectivity index (χ2v) is 4.58. The third kappa shape index (κ3) is 3.76. The van der Waals surface area contributed by atoms with Crippen LogP contribution in [0.25, 0.3) is 0 Å². The van der Waals surface area contributed by atoms with Gasteiger partial charge in [0.25, 0.3) is 0 Å². The SMILES string of the molecule is Cc1ccc(/C=N/N=C(/NO)c2ccc(C)cc2)cc1. The largest absolute Gasteiger partial charge is 0.290 e. The topological polar surface area (TPSA) is 57.0 Å². The fourth-order valence-corrected chi connectivity index (χ4v) is 1.66. The van der Waals surface area contributed by atoms with Gasteiger partial charge in [-0.05, 0) is 19.4 Å². The number of nitrogens with zero attached hydrogens (tertiary/aromatic N) is 2. The predicted octanol–water partition coefficient (Wildman–Crippen LogP) is 3.06. The Morgan fingerprint density at radius 2 is 1.50 bits per heavy atom. The molecular formula is C16H17N3O. The van der Waals surface area contributed by atoms with Crippen molar-refractivity contribution < 1.29 is 5.21 Å². The fourth-order valence-electron chi connectivity index (χ4n) is 1.66. The molecule has 0 spiro atoms. The van der Waals surface area contributed by atoms with Crippen LogP contribution in [-0.4, -0.2) is 17.3 Å². The van der Waals surface area contributed by atoms with Gasteiger partial charge >= 0.3 is 0 Å². The Labute approximate surface area is 118 Å². The number of aryl methyl sites for hydroxylation is 2. The number of nitrogens with one attached hydrogen (secondary N) is 1. The average Bonchev–Trinajstić information content (AvgIpc) is 2.47. The number of hydroxylamine groups is 1. The molecular weight excluding hydrogens is 250 g/mol. The molecule has 20 heavy (non-hydrogen) atoms. The lowest BCUT2D eigenvalue weighted by molar-refractivity contribution is 0.234. The zero-order chi connectivity index (χ0) is 14.4. The molecule has 0 aliphatic carbocycles. The molecule has 0 unspecified atom stereocenters. The molecule has 4 nitrogen and oxygen atoms in total. The van der Waals surface area contributed by atoms with Gasteiger partial charge in [-0.3, -0.25) is 10.7 Å². The quantitative estimate of drug-likeness (QED) is 0.510. The number of rotatable bonds is 3. The van der Waals surface area contributed by atoms with Crippen LogP contribution < -0.4 is 5.48 Å². The molecule has 0 saturated heterocycles. The predicted molar refractivity (Wildman–Crippen MR) is 81.4 cm³/mol. The Hall–Kier alpha value is -2.46. The molecule has 0 radical (unpaired) electrons. The summed E-state index contributed by atoms with van der Waals surface area (Å²) in [6.45, 7) is 4.03. The number of benzene rings is 2. The summed E-state index contributed by atoms with van der Waals surface area (Å²) in [6.07, 6.45) is 1.64. The monoisotopic (exact) mass is 267 g/mol. The van der Waals surface area contributed by atoms with Crippen molar-refractivity contribution in [2.75, 3.05) is 0 Å². The van der Waals surface area contributed by atoms with Crippen molar-refractivity contribution >= 4 is 12.1 Å². The van der Waals surface area contributed by atoms with Crippen molar-refractivity contribution in [2.24, 2.45) is 10.2 Å². The Morgan fingerprint density at radius 3 is 2.05 bits per heavy atom. The molecule has 0 aliphatic heterocycles. The van der Waals surface area contributed by atoms with Crippen molar-refractivity contribution in [3.8, 4) is 0 Å². The van der Waals surface area contributed by atoms with Gasteiger partial charge in [-0.2, -0.15) is 5.10 Å². The Morgan fingerprint density at radius 1 is 0.950 bits per heavy atom. The molecule has 0 fully saturated rings. The summed E-state index contributed by atoms with van der Waals surface area (Å²) < 4.78 is 0. The first-order chi connectivity index (χ1) is 9.69. The van der Waals surface area contributed by atoms with E-state index in [0.717, 1.165) is 16.7 Å². The van der Waals surface area contributed by atoms with Gasteiger partial charge in [-0.25, -0.2) is 0 Å². The van der Waals surface area contributed by atoms with Gasteiger partial charge < -0.3 is 0 Å². The number of hydrogen-bond acceptors (Lipinski definition) is 3. The molecule has 0 bridgehead atoms. The van der Waals surface area contributed by atoms with Crippen molar-refractivity contribution in [2.45, 2.75) is 13.8 Å². The molecule has 0 heterocycles. The van der Waals surface area contributed by atoms with E-state index in [4.69, 9.17) is 5.21 Å². The highest BCUT2D eigenvalue weighted by molar-refractivity contribution is 5.98. The van der Waals surface area contributed by atoms with Crippen LogP contribution in [0.1, 0.15) is 22.3 Å². The van der Waals surface area contributed by atoms with Crippen LogP contribution in [-0.2, 0) is 0 Å². The molecule has 102 valence electrons. The summed E-state index contributed by atoms with van der Waals surface area (Å²) in [5.74, 6) is 0.313. The van der Waals surface area contributed by atoms with Crippen LogP contribution >= 0.6 is 0 Å². The molecule has 2 aromatic carbocycles. The zero-order valence-corrected chi connectivity index (χ0v) is 11.5. The maximum Gasteiger partial charge on any atom is 0.179 e. The molecule has 0 atom stereocenters. The maximum atomic E-state index is 9.13. The highest BCUT2D eigenvalue weighted by Gasteiger charge is 2.00. The van der Waals surface area contributed by atoms with Gasteiger partial charge in [-0.1, -0.05) is 59.7 Å². The van der Waals surface area contributed by atoms with Gasteiger partial charge in [0, 0.05) is 5.56 Å². The van der Waals surface area contributed by atoms with Crippen LogP contribution in [0.2, 0.25) is 0 Å². The Bertz CT molecular complexity index is 613. The highest BCUT2D eigenvalue weighted by Crippen LogP contribution is 2.04. The van der Waals surface area contributed by atoms with E-state index in [1.54, 1.807) is 6.21 Å². The second-order valence-electron chi connectivity index (χ2n) is 4.58. The minimum Gasteiger partial charge on any atom is -0.290 e. The van der Waals surface area contributed by atoms with Crippen molar-refractivity contribution in [3.63, 3.8) is 0 Å². The van der Waals surface area contributed by atoms with Crippen LogP contribution in [0.5, 0.6) is 0 Å². The van der Waals surface area contributed by atoms with Crippen molar-refractivity contribution in [1.82, 2.24) is 5.48 Å². The third-order valence-corrected chi connectivity index (χ3v) is 2.87. The van der Waals surface area contributed by atoms with E-state index >= 15 is 0 Å². The van der Waals surface area contributed by atoms with Crippen molar-refractivity contribution in [1.29, 1.82) is 0 Å². The van der Waals surface area contributed by atoms with Crippen LogP contribution in [0.15, 0.2) is 58.7 Å². The smallest absolute Gasteiger partial charge is 0.179 e. The Kier molecular flexibility index (Phi) is 4.63. The van der Waals surface area contributed by atoms with E-state index in [0.29, 0.717) is 5.84 Å². The first-order valence-corrected chi connectivity index (χ1v) is 6.34. The van der Waals surface area contributed by atoms with Gasteiger partial charge in [0.05, 0.1) is 6.21 Å². The summed E-state index contributed by atoms with van der Waals surface area (Å²) in [5, 5.41) is 17.1. The summed E-state index contributed by atoms with van der Waals surface area (Å²) in [6, 6.07) is 15.6. The molecule has 0 aromatic heterocycles. The van der Waals surface area contributed by atoms with E-state index in [1.807, 2.05) is 62.4 Å². The maximum absolute atomic E-state index is 9.13. The van der Waals surface area contributed by atoms with E-state index in [9.17, 15) is 0 Å². The molecule has 0 aliphatic rings. The molecule has 2 rings (SSSR count). The lowest BCUT2D eigenvalue weighted by Crippen LogP contribution is -2.19. The lowest BCUT2D eigenvalue weighted by atomic mass is 10.1. The second kappa shape index (κ2) is 6.63. The first kappa shape index (κ1) is 14.0. The normalized spacial score (nSPS) is 11.8. The van der Waals surface area contributed by atoms with E-state index in [2.05, 4.69) is 15.7 Å². The zero-order valence-electron chi connectivity index (χ0n) is 11.5. The minimum atomic E-state index is 0.313. The van der Waals surface area contributed by atoms with Gasteiger partial charge in [0.2, 0.25) is 0 Å². The van der Waals surface area contributed by atoms with E-state index < -0.39 is 0 Å². The molecule has 2 N–H and O–H groups in total. The average molecular weight is 267 g/mol. The third-order valence-electron chi connectivity index (χ3n) is 2.87. The fraction of sp³-hybridized carbons (Fsp3) is 0.125. The van der Waals surface area contributed by atoms with Crippen LogP contribution in [0.4, 0.5) is 0 Å². The van der Waals surface area contributed by atoms with Gasteiger partial charge in [0.1, 0.15) is 0 Å². The van der Waals surface area contributed by atoms with Gasteiger partial charge in [0.15, 0.2) is 5.84 Å². The number of amidine groups is 1. The molecule has 4 heteroatoms.